The Bertz CT molecular complexity index is 620. The second-order valence-corrected chi connectivity index (χ2v) is 9.93. The monoisotopic (exact) mass is 486 g/mol. The van der Waals surface area contributed by atoms with Crippen LogP contribution in [0.15, 0.2) is 0 Å². The van der Waals surface area contributed by atoms with Crippen molar-refractivity contribution < 1.29 is 34.8 Å². The number of ether oxygens (including phenoxy) is 1. The summed E-state index contributed by atoms with van der Waals surface area (Å²) in [5, 5.41) is 44.9. The molecule has 0 saturated carbocycles. The summed E-state index contributed by atoms with van der Waals surface area (Å²) < 4.78 is 5.62. The summed E-state index contributed by atoms with van der Waals surface area (Å²) in [6.07, 6.45) is 10.8. The normalized spacial score (nSPS) is 30.7. The molecule has 2 amide bonds. The molecule has 0 radical (unpaired) electrons. The number of carbonyl (C=O) groups excluding carboxylic acids is 2. The minimum atomic E-state index is -1.76. The number of hydrogen-bond donors (Lipinski definition) is 6. The molecule has 2 rings (SSSR count). The molecule has 9 heteroatoms. The average Bonchev–Trinajstić information content (AvgIpc) is 3.10. The summed E-state index contributed by atoms with van der Waals surface area (Å²) >= 11 is 0. The Morgan fingerprint density at radius 3 is 1.94 bits per heavy atom. The summed E-state index contributed by atoms with van der Waals surface area (Å²) in [6.45, 7) is 0.953. The molecule has 0 unspecified atom stereocenters. The zero-order valence-electron chi connectivity index (χ0n) is 20.7. The molecular weight excluding hydrogens is 440 g/mol. The summed E-state index contributed by atoms with van der Waals surface area (Å²) in [6, 6.07) is -0.992. The van der Waals surface area contributed by atoms with E-state index >= 15 is 0 Å². The quantitative estimate of drug-likeness (QED) is 0.170. The highest BCUT2D eigenvalue weighted by molar-refractivity contribution is 5.95. The molecule has 0 aliphatic carbocycles. The van der Waals surface area contributed by atoms with Crippen LogP contribution in [0, 0.1) is 0 Å². The lowest BCUT2D eigenvalue weighted by molar-refractivity contribution is -0.201. The largest absolute Gasteiger partial charge is 0.394 e. The molecule has 2 saturated heterocycles. The van der Waals surface area contributed by atoms with Gasteiger partial charge in [0.05, 0.1) is 19.3 Å². The molecule has 0 aromatic rings. The fraction of sp³-hybridized carbons (Fsp3) is 0.920. The number of nitrogens with one attached hydrogen (secondary N) is 2. The predicted octanol–water partition coefficient (Wildman–Crippen LogP) is 1.29. The van der Waals surface area contributed by atoms with E-state index in [1.54, 1.807) is 0 Å². The molecule has 6 N–H and O–H groups in total. The van der Waals surface area contributed by atoms with Gasteiger partial charge in [0.25, 0.3) is 5.91 Å². The lowest BCUT2D eigenvalue weighted by Crippen LogP contribution is -2.68. The van der Waals surface area contributed by atoms with E-state index in [9.17, 15) is 30.0 Å². The topological polar surface area (TPSA) is 148 Å². The van der Waals surface area contributed by atoms with Crippen LogP contribution in [-0.4, -0.2) is 81.5 Å². The molecule has 6 atom stereocenters. The summed E-state index contributed by atoms with van der Waals surface area (Å²) in [4.78, 5) is 25.2. The first-order valence-corrected chi connectivity index (χ1v) is 13.3. The third-order valence-corrected chi connectivity index (χ3v) is 7.23. The SMILES string of the molecule is CCCCCCCCCCCCCCCC(=O)N[C@@]1(CO)C(=O)N[C@@H]2[C@@H](O)[C@@H](O)[C@@H](CO)O[C@@H]21. The fourth-order valence-corrected chi connectivity index (χ4v) is 5.05. The van der Waals surface area contributed by atoms with Gasteiger partial charge in [0.15, 0.2) is 5.54 Å². The standard InChI is InChI=1S/C25H46N2O7/c1-2-3-4-5-6-7-8-9-10-11-12-13-14-15-19(30)27-25(17-29)23-20(26-24(25)33)22(32)21(31)18(16-28)34-23/h18,20-23,28-29,31-32H,2-17H2,1H3,(H,26,33)(H,27,30)/t18-,20-,21+,22-,23+,25-/m1/s1. The second-order valence-electron chi connectivity index (χ2n) is 9.93. The van der Waals surface area contributed by atoms with Crippen molar-refractivity contribution in [1.82, 2.24) is 10.6 Å². The molecule has 2 fully saturated rings. The molecule has 2 heterocycles. The minimum Gasteiger partial charge on any atom is -0.394 e. The highest BCUT2D eigenvalue weighted by Crippen LogP contribution is 2.33. The summed E-state index contributed by atoms with van der Waals surface area (Å²) in [7, 11) is 0. The van der Waals surface area contributed by atoms with Gasteiger partial charge in [0.2, 0.25) is 5.91 Å². The van der Waals surface area contributed by atoms with E-state index in [1.807, 2.05) is 0 Å². The Labute approximate surface area is 203 Å². The number of hydrogen-bond acceptors (Lipinski definition) is 7. The zero-order chi connectivity index (χ0) is 25.0. The number of unbranched alkanes of at least 4 members (excludes halogenated alkanes) is 12. The Morgan fingerprint density at radius 2 is 1.44 bits per heavy atom. The van der Waals surface area contributed by atoms with Crippen molar-refractivity contribution in [1.29, 1.82) is 0 Å². The van der Waals surface area contributed by atoms with Crippen LogP contribution < -0.4 is 10.6 Å². The molecule has 34 heavy (non-hydrogen) atoms. The van der Waals surface area contributed by atoms with Gasteiger partial charge >= 0.3 is 0 Å². The summed E-state index contributed by atoms with van der Waals surface area (Å²) in [5.74, 6) is -1.05. The first kappa shape index (κ1) is 29.0. The minimum absolute atomic E-state index is 0.221. The van der Waals surface area contributed by atoms with Gasteiger partial charge in [-0.25, -0.2) is 0 Å². The molecule has 0 spiro atoms. The van der Waals surface area contributed by atoms with Gasteiger partial charge in [-0.15, -0.1) is 0 Å². The van der Waals surface area contributed by atoms with Gasteiger partial charge in [-0.05, 0) is 6.42 Å². The van der Waals surface area contributed by atoms with E-state index in [-0.39, 0.29) is 12.3 Å². The van der Waals surface area contributed by atoms with Crippen LogP contribution in [0.5, 0.6) is 0 Å². The molecule has 0 aromatic heterocycles. The van der Waals surface area contributed by atoms with Crippen LogP contribution in [0.25, 0.3) is 0 Å². The summed E-state index contributed by atoms with van der Waals surface area (Å²) in [5.41, 5.74) is -1.76. The average molecular weight is 487 g/mol. The molecule has 2 aliphatic rings. The third-order valence-electron chi connectivity index (χ3n) is 7.23. The van der Waals surface area contributed by atoms with Gasteiger partial charge in [-0.2, -0.15) is 0 Å². The highest BCUT2D eigenvalue weighted by Gasteiger charge is 2.62. The van der Waals surface area contributed by atoms with Gasteiger partial charge in [-0.3, -0.25) is 9.59 Å². The lowest BCUT2D eigenvalue weighted by Gasteiger charge is -2.43. The Morgan fingerprint density at radius 1 is 0.912 bits per heavy atom. The number of fused-ring (bicyclic) bond motifs is 1. The van der Waals surface area contributed by atoms with Gasteiger partial charge < -0.3 is 35.8 Å². The fourth-order valence-electron chi connectivity index (χ4n) is 5.05. The van der Waals surface area contributed by atoms with Crippen LogP contribution in [0.4, 0.5) is 0 Å². The molecule has 0 bridgehead atoms. The van der Waals surface area contributed by atoms with E-state index in [4.69, 9.17) is 4.74 Å². The predicted molar refractivity (Wildman–Crippen MR) is 128 cm³/mol. The maximum atomic E-state index is 12.6. The number of amides is 2. The van der Waals surface area contributed by atoms with Crippen LogP contribution in [0.2, 0.25) is 0 Å². The highest BCUT2D eigenvalue weighted by atomic mass is 16.5. The van der Waals surface area contributed by atoms with E-state index in [1.165, 1.54) is 57.8 Å². The number of aliphatic hydroxyl groups is 4. The van der Waals surface area contributed by atoms with Gasteiger partial charge in [-0.1, -0.05) is 84.0 Å². The number of rotatable bonds is 17. The van der Waals surface area contributed by atoms with Crippen molar-refractivity contribution in [2.45, 2.75) is 133 Å². The van der Waals surface area contributed by atoms with Crippen molar-refractivity contribution in [3.63, 3.8) is 0 Å². The zero-order valence-corrected chi connectivity index (χ0v) is 20.7. The molecule has 0 aromatic carbocycles. The smallest absolute Gasteiger partial charge is 0.251 e. The number of carbonyl (C=O) groups is 2. The van der Waals surface area contributed by atoms with Crippen molar-refractivity contribution >= 4 is 11.8 Å². The maximum absolute atomic E-state index is 12.6. The lowest BCUT2D eigenvalue weighted by atomic mass is 9.85. The van der Waals surface area contributed by atoms with Crippen LogP contribution in [-0.2, 0) is 14.3 Å². The Hall–Kier alpha value is -1.26. The molecular formula is C25H46N2O7. The van der Waals surface area contributed by atoms with Crippen LogP contribution in [0.1, 0.15) is 96.8 Å². The van der Waals surface area contributed by atoms with Crippen molar-refractivity contribution in [3.8, 4) is 0 Å². The maximum Gasteiger partial charge on any atom is 0.251 e. The second kappa shape index (κ2) is 15.0. The van der Waals surface area contributed by atoms with Gasteiger partial charge in [0, 0.05) is 6.42 Å². The molecule has 2 aliphatic heterocycles. The first-order chi connectivity index (χ1) is 16.4. The molecule has 9 nitrogen and oxygen atoms in total. The van der Waals surface area contributed by atoms with E-state index in [0.717, 1.165) is 19.3 Å². The first-order valence-electron chi connectivity index (χ1n) is 13.3. The van der Waals surface area contributed by atoms with Crippen molar-refractivity contribution in [3.05, 3.63) is 0 Å². The van der Waals surface area contributed by atoms with E-state index in [2.05, 4.69) is 17.6 Å². The van der Waals surface area contributed by atoms with Gasteiger partial charge in [0.1, 0.15) is 24.4 Å². The Kier molecular flexibility index (Phi) is 12.8. The number of aliphatic hydroxyl groups excluding tert-OH is 4. The van der Waals surface area contributed by atoms with Crippen LogP contribution in [0.3, 0.4) is 0 Å². The van der Waals surface area contributed by atoms with E-state index in [0.29, 0.717) is 6.42 Å². The Balaban J connectivity index is 1.65. The van der Waals surface area contributed by atoms with Crippen molar-refractivity contribution in [2.24, 2.45) is 0 Å². The third kappa shape index (κ3) is 7.62. The van der Waals surface area contributed by atoms with Crippen LogP contribution >= 0.6 is 0 Å². The molecule has 198 valence electrons. The van der Waals surface area contributed by atoms with Crippen molar-refractivity contribution in [2.75, 3.05) is 13.2 Å². The van der Waals surface area contributed by atoms with E-state index < -0.39 is 55.1 Å².